The average molecular weight is 613 g/mol. The predicted octanol–water partition coefficient (Wildman–Crippen LogP) is 3.65. The van der Waals surface area contributed by atoms with E-state index in [1.165, 1.54) is 28.0 Å². The number of likely N-dealkylation sites (N-methyl/N-ethyl adjacent to an activating group) is 1. The second kappa shape index (κ2) is 12.1. The van der Waals surface area contributed by atoms with Gasteiger partial charge in [0.25, 0.3) is 0 Å². The number of nitrogens with zero attached hydrogens (tertiary/aromatic N) is 4. The standard InChI is InChI=1S/C29H37ClN8O3S/c1-31-12-13-32-20-9-14-37(15-10-20)25-7-6-24(27-21(25)11-17-41-27)35-29-33-18-22(30)28(36-29)34-23-5-3-4-19-8-16-38(26(19)23)42(2,39)40/h3-7,18,20,31-32H,8-17H2,1-2H3,(H2,33,34,35,36). The highest BCUT2D eigenvalue weighted by Gasteiger charge is 2.30. The molecule has 42 heavy (non-hydrogen) atoms. The number of halogens is 1. The summed E-state index contributed by atoms with van der Waals surface area (Å²) >= 11 is 6.49. The number of nitrogens with one attached hydrogen (secondary N) is 4. The zero-order chi connectivity index (χ0) is 29.3. The molecule has 0 spiro atoms. The van der Waals surface area contributed by atoms with E-state index in [-0.39, 0.29) is 0 Å². The minimum atomic E-state index is -3.42. The van der Waals surface area contributed by atoms with Crippen molar-refractivity contribution in [1.29, 1.82) is 0 Å². The van der Waals surface area contributed by atoms with Crippen molar-refractivity contribution < 1.29 is 13.2 Å². The third-order valence-corrected chi connectivity index (χ3v) is 9.52. The van der Waals surface area contributed by atoms with E-state index in [2.05, 4.69) is 42.2 Å². The van der Waals surface area contributed by atoms with E-state index in [4.69, 9.17) is 16.3 Å². The Bertz CT molecular complexity index is 1560. The second-order valence-electron chi connectivity index (χ2n) is 10.9. The fraction of sp³-hybridized carbons (Fsp3) is 0.448. The van der Waals surface area contributed by atoms with E-state index < -0.39 is 10.0 Å². The Balaban J connectivity index is 1.20. The third-order valence-electron chi connectivity index (χ3n) is 8.08. The Hall–Kier alpha value is -3.32. The molecule has 3 aliphatic heterocycles. The molecule has 1 fully saturated rings. The van der Waals surface area contributed by atoms with Gasteiger partial charge >= 0.3 is 0 Å². The summed E-state index contributed by atoms with van der Waals surface area (Å²) in [6, 6.07) is 10.4. The lowest BCUT2D eigenvalue weighted by Crippen LogP contribution is -2.44. The molecule has 4 heterocycles. The van der Waals surface area contributed by atoms with E-state index in [9.17, 15) is 8.42 Å². The molecule has 1 aromatic heterocycles. The molecular weight excluding hydrogens is 576 g/mol. The molecule has 0 unspecified atom stereocenters. The van der Waals surface area contributed by atoms with Gasteiger partial charge in [-0.1, -0.05) is 23.7 Å². The minimum Gasteiger partial charge on any atom is -0.491 e. The topological polar surface area (TPSA) is 124 Å². The summed E-state index contributed by atoms with van der Waals surface area (Å²) in [6.07, 6.45) is 6.47. The van der Waals surface area contributed by atoms with Crippen LogP contribution in [0.1, 0.15) is 24.0 Å². The molecule has 3 aliphatic rings. The van der Waals surface area contributed by atoms with Crippen LogP contribution >= 0.6 is 11.6 Å². The lowest BCUT2D eigenvalue weighted by Gasteiger charge is -2.35. The normalized spacial score (nSPS) is 16.7. The van der Waals surface area contributed by atoms with Gasteiger partial charge in [0.2, 0.25) is 16.0 Å². The zero-order valence-corrected chi connectivity index (χ0v) is 25.5. The summed E-state index contributed by atoms with van der Waals surface area (Å²) in [6.45, 7) is 5.01. The van der Waals surface area contributed by atoms with E-state index in [0.29, 0.717) is 53.8 Å². The highest BCUT2D eigenvalue weighted by molar-refractivity contribution is 7.92. The average Bonchev–Trinajstić information content (AvgIpc) is 3.65. The molecule has 0 atom stereocenters. The number of ether oxygens (including phenoxy) is 1. The second-order valence-corrected chi connectivity index (χ2v) is 13.2. The number of fused-ring (bicyclic) bond motifs is 2. The van der Waals surface area contributed by atoms with Crippen LogP contribution in [-0.4, -0.2) is 77.1 Å². The van der Waals surface area contributed by atoms with E-state index in [1.54, 1.807) is 0 Å². The molecule has 0 saturated carbocycles. The number of sulfonamides is 1. The van der Waals surface area contributed by atoms with E-state index >= 15 is 0 Å². The van der Waals surface area contributed by atoms with Crippen molar-refractivity contribution in [2.45, 2.75) is 31.7 Å². The van der Waals surface area contributed by atoms with E-state index in [1.807, 2.05) is 31.3 Å². The lowest BCUT2D eigenvalue weighted by atomic mass is 10.0. The largest absolute Gasteiger partial charge is 0.491 e. The van der Waals surface area contributed by atoms with Crippen LogP contribution in [0.3, 0.4) is 0 Å². The van der Waals surface area contributed by atoms with Gasteiger partial charge < -0.3 is 30.9 Å². The number of hydrogen-bond acceptors (Lipinski definition) is 10. The van der Waals surface area contributed by atoms with Gasteiger partial charge in [-0.25, -0.2) is 13.4 Å². The molecule has 2 aromatic carbocycles. The van der Waals surface area contributed by atoms with Crippen molar-refractivity contribution in [3.05, 3.63) is 52.7 Å². The van der Waals surface area contributed by atoms with Crippen LogP contribution in [0, 0.1) is 0 Å². The van der Waals surface area contributed by atoms with Crippen LogP contribution in [-0.2, 0) is 22.9 Å². The van der Waals surface area contributed by atoms with Gasteiger partial charge in [0.05, 0.1) is 36.1 Å². The van der Waals surface area contributed by atoms with Crippen molar-refractivity contribution in [2.75, 3.05) is 72.5 Å². The maximum atomic E-state index is 12.4. The van der Waals surface area contributed by atoms with E-state index in [0.717, 1.165) is 62.4 Å². The van der Waals surface area contributed by atoms with Gasteiger partial charge in [-0.3, -0.25) is 4.31 Å². The highest BCUT2D eigenvalue weighted by atomic mass is 35.5. The smallest absolute Gasteiger partial charge is 0.232 e. The molecule has 4 N–H and O–H groups in total. The molecule has 0 aliphatic carbocycles. The number of anilines is 6. The van der Waals surface area contributed by atoms with Crippen molar-refractivity contribution >= 4 is 56.1 Å². The van der Waals surface area contributed by atoms with Gasteiger partial charge in [0.1, 0.15) is 10.8 Å². The fourth-order valence-electron chi connectivity index (χ4n) is 6.02. The maximum absolute atomic E-state index is 12.4. The first kappa shape index (κ1) is 28.8. The summed E-state index contributed by atoms with van der Waals surface area (Å²) in [5.41, 5.74) is 5.44. The SMILES string of the molecule is CNCCNC1CCN(c2ccc(Nc3ncc(Cl)c(Nc4cccc5c4N(S(C)(=O)=O)CC5)n3)c3c2CCO3)CC1. The first-order chi connectivity index (χ1) is 20.3. The summed E-state index contributed by atoms with van der Waals surface area (Å²) < 4.78 is 32.4. The molecule has 0 radical (unpaired) electrons. The molecule has 1 saturated heterocycles. The molecule has 3 aromatic rings. The molecule has 11 nitrogen and oxygen atoms in total. The summed E-state index contributed by atoms with van der Waals surface area (Å²) in [7, 11) is -1.44. The Morgan fingerprint density at radius 3 is 2.67 bits per heavy atom. The van der Waals surface area contributed by atoms with Crippen LogP contribution in [0.5, 0.6) is 5.75 Å². The van der Waals surface area contributed by atoms with Crippen LogP contribution < -0.4 is 35.2 Å². The molecule has 0 amide bonds. The molecule has 6 rings (SSSR count). The number of piperidine rings is 1. The third kappa shape index (κ3) is 5.94. The molecule has 13 heteroatoms. The fourth-order valence-corrected chi connectivity index (χ4v) is 7.12. The predicted molar refractivity (Wildman–Crippen MR) is 169 cm³/mol. The number of para-hydroxylation sites is 1. The van der Waals surface area contributed by atoms with Gasteiger partial charge in [0, 0.05) is 56.4 Å². The molecule has 224 valence electrons. The Morgan fingerprint density at radius 2 is 1.88 bits per heavy atom. The van der Waals surface area contributed by atoms with Crippen molar-refractivity contribution in [3.8, 4) is 5.75 Å². The first-order valence-electron chi connectivity index (χ1n) is 14.4. The quantitative estimate of drug-likeness (QED) is 0.252. The van der Waals surface area contributed by atoms with Crippen LogP contribution in [0.15, 0.2) is 36.5 Å². The minimum absolute atomic E-state index is 0.322. The van der Waals surface area contributed by atoms with Crippen molar-refractivity contribution in [2.24, 2.45) is 0 Å². The van der Waals surface area contributed by atoms with Gasteiger partial charge in [-0.05, 0) is 50.1 Å². The number of hydrogen-bond donors (Lipinski definition) is 4. The lowest BCUT2D eigenvalue weighted by molar-refractivity contribution is 0.358. The summed E-state index contributed by atoms with van der Waals surface area (Å²) in [5, 5.41) is 13.7. The van der Waals surface area contributed by atoms with Gasteiger partial charge in [-0.15, -0.1) is 0 Å². The first-order valence-corrected chi connectivity index (χ1v) is 16.6. The number of rotatable bonds is 10. The Kier molecular flexibility index (Phi) is 8.30. The highest BCUT2D eigenvalue weighted by Crippen LogP contribution is 2.43. The Labute approximate surface area is 252 Å². The van der Waals surface area contributed by atoms with Crippen molar-refractivity contribution in [1.82, 2.24) is 20.6 Å². The molecule has 0 bridgehead atoms. The van der Waals surface area contributed by atoms with Gasteiger partial charge in [0.15, 0.2) is 5.82 Å². The van der Waals surface area contributed by atoms with Crippen molar-refractivity contribution in [3.63, 3.8) is 0 Å². The van der Waals surface area contributed by atoms with Crippen LogP contribution in [0.25, 0.3) is 0 Å². The zero-order valence-electron chi connectivity index (χ0n) is 23.9. The maximum Gasteiger partial charge on any atom is 0.232 e. The monoisotopic (exact) mass is 612 g/mol. The molecular formula is C29H37ClN8O3S. The summed E-state index contributed by atoms with van der Waals surface area (Å²) in [4.78, 5) is 11.5. The Morgan fingerprint density at radius 1 is 1.05 bits per heavy atom. The van der Waals surface area contributed by atoms with Gasteiger partial charge in [-0.2, -0.15) is 4.98 Å². The van der Waals surface area contributed by atoms with Crippen LogP contribution in [0.4, 0.5) is 34.5 Å². The number of benzene rings is 2. The number of aromatic nitrogens is 2. The van der Waals surface area contributed by atoms with Crippen LogP contribution in [0.2, 0.25) is 5.02 Å². The summed E-state index contributed by atoms with van der Waals surface area (Å²) in [5.74, 6) is 1.57.